The zero-order valence-electron chi connectivity index (χ0n) is 9.71. The minimum absolute atomic E-state index is 0.637. The second kappa shape index (κ2) is 7.27. The Morgan fingerprint density at radius 3 is 2.60 bits per heavy atom. The number of aromatic nitrogens is 1. The average molecular weight is 206 g/mol. The molecular weight excluding hydrogens is 184 g/mol. The van der Waals surface area contributed by atoms with Crippen LogP contribution in [0.5, 0.6) is 0 Å². The molecule has 1 heterocycles. The van der Waals surface area contributed by atoms with Crippen molar-refractivity contribution in [2.75, 3.05) is 5.73 Å². The average Bonchev–Trinajstić information content (AvgIpc) is 2.23. The molecule has 2 nitrogen and oxygen atoms in total. The van der Waals surface area contributed by atoms with Gasteiger partial charge in [-0.25, -0.2) is 4.98 Å². The molecule has 1 aromatic rings. The van der Waals surface area contributed by atoms with Gasteiger partial charge in [0.25, 0.3) is 0 Å². The van der Waals surface area contributed by atoms with Gasteiger partial charge in [-0.2, -0.15) is 0 Å². The Kier molecular flexibility index (Phi) is 5.83. The highest BCUT2D eigenvalue weighted by Gasteiger charge is 1.95. The molecule has 0 bridgehead atoms. The number of pyridine rings is 1. The van der Waals surface area contributed by atoms with Gasteiger partial charge in [-0.3, -0.25) is 0 Å². The summed E-state index contributed by atoms with van der Waals surface area (Å²) in [4.78, 5) is 3.99. The first-order valence-corrected chi connectivity index (χ1v) is 6.03. The van der Waals surface area contributed by atoms with E-state index in [9.17, 15) is 0 Å². The highest BCUT2D eigenvalue weighted by atomic mass is 14.8. The fourth-order valence-corrected chi connectivity index (χ4v) is 1.76. The van der Waals surface area contributed by atoms with Gasteiger partial charge in [0, 0.05) is 6.20 Å². The summed E-state index contributed by atoms with van der Waals surface area (Å²) in [6.07, 6.45) is 11.0. The second-order valence-electron chi connectivity index (χ2n) is 4.11. The fourth-order valence-electron chi connectivity index (χ4n) is 1.76. The third-order valence-corrected chi connectivity index (χ3v) is 2.66. The van der Waals surface area contributed by atoms with Crippen molar-refractivity contribution in [1.82, 2.24) is 4.98 Å². The largest absolute Gasteiger partial charge is 0.384 e. The summed E-state index contributed by atoms with van der Waals surface area (Å²) in [6, 6.07) is 4.04. The SMILES string of the molecule is CCCCCCCCc1ccnc(N)c1. The summed E-state index contributed by atoms with van der Waals surface area (Å²) < 4.78 is 0. The fraction of sp³-hybridized carbons (Fsp3) is 0.615. The molecule has 0 aliphatic carbocycles. The van der Waals surface area contributed by atoms with Crippen LogP contribution in [0, 0.1) is 0 Å². The van der Waals surface area contributed by atoms with Crippen LogP contribution in [-0.2, 0) is 6.42 Å². The van der Waals surface area contributed by atoms with Crippen molar-refractivity contribution in [2.45, 2.75) is 51.9 Å². The van der Waals surface area contributed by atoms with E-state index in [1.165, 1.54) is 44.1 Å². The van der Waals surface area contributed by atoms with Gasteiger partial charge in [0.15, 0.2) is 0 Å². The van der Waals surface area contributed by atoms with Crippen LogP contribution < -0.4 is 5.73 Å². The molecule has 0 fully saturated rings. The van der Waals surface area contributed by atoms with Crippen LogP contribution in [0.4, 0.5) is 5.82 Å². The first-order chi connectivity index (χ1) is 7.33. The number of rotatable bonds is 7. The maximum Gasteiger partial charge on any atom is 0.123 e. The molecule has 0 aromatic carbocycles. The molecule has 15 heavy (non-hydrogen) atoms. The smallest absolute Gasteiger partial charge is 0.123 e. The van der Waals surface area contributed by atoms with Gasteiger partial charge in [0.1, 0.15) is 5.82 Å². The second-order valence-corrected chi connectivity index (χ2v) is 4.11. The highest BCUT2D eigenvalue weighted by molar-refractivity contribution is 5.31. The van der Waals surface area contributed by atoms with E-state index in [1.54, 1.807) is 6.20 Å². The summed E-state index contributed by atoms with van der Waals surface area (Å²) >= 11 is 0. The van der Waals surface area contributed by atoms with Crippen LogP contribution in [0.1, 0.15) is 51.0 Å². The van der Waals surface area contributed by atoms with Crippen LogP contribution >= 0.6 is 0 Å². The molecule has 0 radical (unpaired) electrons. The lowest BCUT2D eigenvalue weighted by Crippen LogP contribution is -1.92. The first-order valence-electron chi connectivity index (χ1n) is 6.03. The lowest BCUT2D eigenvalue weighted by atomic mass is 10.1. The molecule has 1 aromatic heterocycles. The van der Waals surface area contributed by atoms with Crippen molar-refractivity contribution in [2.24, 2.45) is 0 Å². The van der Waals surface area contributed by atoms with Crippen LogP contribution in [0.15, 0.2) is 18.3 Å². The van der Waals surface area contributed by atoms with Crippen molar-refractivity contribution >= 4 is 5.82 Å². The number of anilines is 1. The summed E-state index contributed by atoms with van der Waals surface area (Å²) in [5.41, 5.74) is 6.94. The third kappa shape index (κ3) is 5.40. The Labute approximate surface area is 92.9 Å². The molecule has 0 unspecified atom stereocenters. The van der Waals surface area contributed by atoms with Gasteiger partial charge >= 0.3 is 0 Å². The van der Waals surface area contributed by atoms with Crippen LogP contribution in [0.25, 0.3) is 0 Å². The van der Waals surface area contributed by atoms with Crippen molar-refractivity contribution in [3.05, 3.63) is 23.9 Å². The van der Waals surface area contributed by atoms with Gasteiger partial charge in [-0.1, -0.05) is 39.0 Å². The molecule has 84 valence electrons. The summed E-state index contributed by atoms with van der Waals surface area (Å²) in [6.45, 7) is 2.25. The number of hydrogen-bond donors (Lipinski definition) is 1. The molecule has 2 heteroatoms. The van der Waals surface area contributed by atoms with Crippen molar-refractivity contribution < 1.29 is 0 Å². The normalized spacial score (nSPS) is 10.5. The zero-order chi connectivity index (χ0) is 10.9. The Morgan fingerprint density at radius 1 is 1.13 bits per heavy atom. The predicted molar refractivity (Wildman–Crippen MR) is 65.7 cm³/mol. The number of aryl methyl sites for hydroxylation is 1. The molecule has 0 aliphatic rings. The minimum Gasteiger partial charge on any atom is -0.384 e. The van der Waals surface area contributed by atoms with Gasteiger partial charge in [-0.15, -0.1) is 0 Å². The Morgan fingerprint density at radius 2 is 1.87 bits per heavy atom. The van der Waals surface area contributed by atoms with Crippen LogP contribution in [0.2, 0.25) is 0 Å². The standard InChI is InChI=1S/C13H22N2/c1-2-3-4-5-6-7-8-12-9-10-15-13(14)11-12/h9-11H,2-8H2,1H3,(H2,14,15). The lowest BCUT2D eigenvalue weighted by molar-refractivity contribution is 0.607. The van der Waals surface area contributed by atoms with Gasteiger partial charge in [0.05, 0.1) is 0 Å². The molecule has 2 N–H and O–H groups in total. The number of hydrogen-bond acceptors (Lipinski definition) is 2. The van der Waals surface area contributed by atoms with Crippen LogP contribution in [0.3, 0.4) is 0 Å². The zero-order valence-corrected chi connectivity index (χ0v) is 9.71. The van der Waals surface area contributed by atoms with E-state index in [0.717, 1.165) is 6.42 Å². The Bertz CT molecular complexity index is 271. The summed E-state index contributed by atoms with van der Waals surface area (Å²) in [5.74, 6) is 0.637. The Balaban J connectivity index is 2.10. The van der Waals surface area contributed by atoms with E-state index in [4.69, 9.17) is 5.73 Å². The molecule has 0 spiro atoms. The molecule has 0 amide bonds. The van der Waals surface area contributed by atoms with Crippen molar-refractivity contribution in [3.8, 4) is 0 Å². The quantitative estimate of drug-likeness (QED) is 0.693. The monoisotopic (exact) mass is 206 g/mol. The number of nitrogens with zero attached hydrogens (tertiary/aromatic N) is 1. The van der Waals surface area contributed by atoms with Crippen molar-refractivity contribution in [1.29, 1.82) is 0 Å². The van der Waals surface area contributed by atoms with Crippen LogP contribution in [-0.4, -0.2) is 4.98 Å². The lowest BCUT2D eigenvalue weighted by Gasteiger charge is -2.02. The van der Waals surface area contributed by atoms with Crippen molar-refractivity contribution in [3.63, 3.8) is 0 Å². The first kappa shape index (κ1) is 12.0. The molecule has 0 saturated carbocycles. The molecule has 0 atom stereocenters. The minimum atomic E-state index is 0.637. The Hall–Kier alpha value is -1.05. The maximum absolute atomic E-state index is 5.62. The van der Waals surface area contributed by atoms with E-state index in [-0.39, 0.29) is 0 Å². The molecular formula is C13H22N2. The third-order valence-electron chi connectivity index (χ3n) is 2.66. The topological polar surface area (TPSA) is 38.9 Å². The van der Waals surface area contributed by atoms with Gasteiger partial charge in [-0.05, 0) is 30.5 Å². The summed E-state index contributed by atoms with van der Waals surface area (Å²) in [5, 5.41) is 0. The van der Waals surface area contributed by atoms with E-state index in [0.29, 0.717) is 5.82 Å². The number of nitrogen functional groups attached to an aromatic ring is 1. The predicted octanol–water partition coefficient (Wildman–Crippen LogP) is 3.57. The molecule has 1 rings (SSSR count). The number of unbranched alkanes of at least 4 members (excludes halogenated alkanes) is 5. The number of nitrogens with two attached hydrogens (primary N) is 1. The van der Waals surface area contributed by atoms with E-state index >= 15 is 0 Å². The van der Waals surface area contributed by atoms with E-state index in [2.05, 4.69) is 18.0 Å². The van der Waals surface area contributed by atoms with Gasteiger partial charge in [0.2, 0.25) is 0 Å². The molecule has 0 saturated heterocycles. The van der Waals surface area contributed by atoms with E-state index in [1.807, 2.05) is 6.07 Å². The van der Waals surface area contributed by atoms with E-state index < -0.39 is 0 Å². The maximum atomic E-state index is 5.62. The molecule has 0 aliphatic heterocycles. The highest BCUT2D eigenvalue weighted by Crippen LogP contribution is 2.10. The summed E-state index contributed by atoms with van der Waals surface area (Å²) in [7, 11) is 0. The van der Waals surface area contributed by atoms with Gasteiger partial charge < -0.3 is 5.73 Å².